The lowest BCUT2D eigenvalue weighted by Crippen LogP contribution is -2.38. The van der Waals surface area contributed by atoms with Gasteiger partial charge in [-0.15, -0.1) is 0 Å². The largest absolute Gasteiger partial charge is 0.502 e. The zero-order chi connectivity index (χ0) is 21.8. The fraction of sp³-hybridized carbons (Fsp3) is 0. The van der Waals surface area contributed by atoms with E-state index in [1.165, 1.54) is 18.2 Å². The monoisotopic (exact) mass is 428 g/mol. The van der Waals surface area contributed by atoms with Crippen molar-refractivity contribution >= 4 is 50.8 Å². The summed E-state index contributed by atoms with van der Waals surface area (Å²) in [6.45, 7) is 0. The summed E-state index contributed by atoms with van der Waals surface area (Å²) in [5.74, 6) is -0.169. The van der Waals surface area contributed by atoms with Crippen molar-refractivity contribution in [3.05, 3.63) is 113 Å². The van der Waals surface area contributed by atoms with Crippen LogP contribution in [0.15, 0.2) is 97.3 Å². The highest BCUT2D eigenvalue weighted by Gasteiger charge is 2.25. The van der Waals surface area contributed by atoms with Gasteiger partial charge in [-0.3, -0.25) is 10.1 Å². The summed E-state index contributed by atoms with van der Waals surface area (Å²) in [6, 6.07) is 25.0. The van der Waals surface area contributed by atoms with E-state index in [1.54, 1.807) is 35.2 Å². The fourth-order valence-electron chi connectivity index (χ4n) is 3.31. The van der Waals surface area contributed by atoms with E-state index in [1.807, 2.05) is 48.5 Å². The number of pyridine rings is 1. The number of aliphatic hydroxyl groups excluding tert-OH is 1. The number of nitrogens with one attached hydrogen (secondary N) is 1. The highest BCUT2D eigenvalue weighted by Crippen LogP contribution is 2.26. The van der Waals surface area contributed by atoms with Gasteiger partial charge in [0.15, 0.2) is 23.1 Å². The molecule has 0 radical (unpaired) electrons. The molecule has 0 saturated heterocycles. The van der Waals surface area contributed by atoms with Crippen LogP contribution in [0, 0.1) is 10.1 Å². The van der Waals surface area contributed by atoms with Gasteiger partial charge in [0.1, 0.15) is 0 Å². The standard InChI is InChI=1S/C24H17N3O3S/c28-23(18-10-6-11-19(16-18)27(29)30)22(26-14-4-1-5-15-26)24(31)25-21-13-7-9-17-8-2-3-12-20(17)21/h1-16H,(H-,25,28,31)/p+1. The first-order chi connectivity index (χ1) is 15.0. The molecule has 152 valence electrons. The van der Waals surface area contributed by atoms with Gasteiger partial charge in [-0.2, -0.15) is 4.57 Å². The molecule has 4 rings (SSSR count). The number of nitrogens with zero attached hydrogens (tertiary/aromatic N) is 2. The lowest BCUT2D eigenvalue weighted by molar-refractivity contribution is -0.575. The predicted octanol–water partition coefficient (Wildman–Crippen LogP) is 5.36. The second-order valence-electron chi connectivity index (χ2n) is 6.77. The third-order valence-electron chi connectivity index (χ3n) is 4.78. The summed E-state index contributed by atoms with van der Waals surface area (Å²) in [5.41, 5.74) is 1.28. The van der Waals surface area contributed by atoms with Gasteiger partial charge in [0.05, 0.1) is 4.92 Å². The lowest BCUT2D eigenvalue weighted by atomic mass is 10.1. The number of anilines is 1. The number of nitro benzene ring substituents is 1. The van der Waals surface area contributed by atoms with Crippen LogP contribution >= 0.6 is 12.2 Å². The van der Waals surface area contributed by atoms with Gasteiger partial charge in [-0.25, -0.2) is 0 Å². The molecule has 0 atom stereocenters. The summed E-state index contributed by atoms with van der Waals surface area (Å²) in [7, 11) is 0. The van der Waals surface area contributed by atoms with Crippen molar-refractivity contribution in [3.8, 4) is 0 Å². The molecule has 1 aromatic heterocycles. The van der Waals surface area contributed by atoms with E-state index in [9.17, 15) is 15.2 Å². The Balaban J connectivity index is 1.82. The first-order valence-corrected chi connectivity index (χ1v) is 9.89. The van der Waals surface area contributed by atoms with Crippen LogP contribution in [0.3, 0.4) is 0 Å². The number of rotatable bonds is 5. The zero-order valence-electron chi connectivity index (χ0n) is 16.3. The van der Waals surface area contributed by atoms with Crippen LogP contribution in [-0.4, -0.2) is 15.0 Å². The second kappa shape index (κ2) is 8.73. The van der Waals surface area contributed by atoms with Gasteiger partial charge in [0, 0.05) is 40.9 Å². The van der Waals surface area contributed by atoms with Gasteiger partial charge < -0.3 is 10.4 Å². The molecule has 0 aliphatic carbocycles. The topological polar surface area (TPSA) is 79.3 Å². The van der Waals surface area contributed by atoms with Crippen LogP contribution in [0.5, 0.6) is 0 Å². The SMILES string of the molecule is O=[N+]([O-])c1cccc(/C(O)=C(/C(=S)Nc2cccc3ccccc23)[n+]2ccccc2)c1. The maximum Gasteiger partial charge on any atom is 0.288 e. The fourth-order valence-corrected chi connectivity index (χ4v) is 3.63. The second-order valence-corrected chi connectivity index (χ2v) is 7.18. The maximum atomic E-state index is 11.2. The van der Waals surface area contributed by atoms with Gasteiger partial charge in [-0.05, 0) is 11.5 Å². The summed E-state index contributed by atoms with van der Waals surface area (Å²) < 4.78 is 1.68. The lowest BCUT2D eigenvalue weighted by Gasteiger charge is -2.12. The molecular formula is C24H18N3O3S+. The molecule has 31 heavy (non-hydrogen) atoms. The molecule has 0 saturated carbocycles. The number of aliphatic hydroxyl groups is 1. The molecule has 1 heterocycles. The summed E-state index contributed by atoms with van der Waals surface area (Å²) in [5, 5.41) is 27.6. The zero-order valence-corrected chi connectivity index (χ0v) is 17.1. The van der Waals surface area contributed by atoms with E-state index in [2.05, 4.69) is 5.32 Å². The van der Waals surface area contributed by atoms with Gasteiger partial charge in [-0.1, -0.05) is 66.8 Å². The van der Waals surface area contributed by atoms with Crippen molar-refractivity contribution in [2.75, 3.05) is 5.32 Å². The number of hydrogen-bond acceptors (Lipinski definition) is 4. The number of benzene rings is 3. The average Bonchev–Trinajstić information content (AvgIpc) is 2.80. The van der Waals surface area contributed by atoms with Crippen LogP contribution < -0.4 is 9.88 Å². The number of thiocarbonyl (C=S) groups is 1. The van der Waals surface area contributed by atoms with E-state index in [-0.39, 0.29) is 16.4 Å². The molecule has 0 spiro atoms. The minimum atomic E-state index is -0.501. The third kappa shape index (κ3) is 4.26. The van der Waals surface area contributed by atoms with Gasteiger partial charge in [0.25, 0.3) is 11.4 Å². The van der Waals surface area contributed by atoms with Crippen molar-refractivity contribution in [1.82, 2.24) is 0 Å². The molecule has 3 aromatic carbocycles. The van der Waals surface area contributed by atoms with E-state index < -0.39 is 4.92 Å². The molecule has 6 nitrogen and oxygen atoms in total. The Hall–Kier alpha value is -4.10. The number of non-ortho nitro benzene ring substituents is 1. The Kier molecular flexibility index (Phi) is 5.68. The normalized spacial score (nSPS) is 11.6. The van der Waals surface area contributed by atoms with Gasteiger partial charge in [0.2, 0.25) is 0 Å². The Morgan fingerprint density at radius 1 is 0.935 bits per heavy atom. The Morgan fingerprint density at radius 2 is 1.65 bits per heavy atom. The molecule has 2 N–H and O–H groups in total. The molecule has 0 amide bonds. The van der Waals surface area contributed by atoms with Crippen molar-refractivity contribution in [1.29, 1.82) is 0 Å². The number of aromatic nitrogens is 1. The Labute approximate surface area is 183 Å². The summed E-state index contributed by atoms with van der Waals surface area (Å²) >= 11 is 5.68. The number of hydrogen-bond donors (Lipinski definition) is 2. The highest BCUT2D eigenvalue weighted by atomic mass is 32.1. The molecule has 7 heteroatoms. The molecular weight excluding hydrogens is 410 g/mol. The molecule has 0 aliphatic heterocycles. The Bertz CT molecular complexity index is 1310. The number of nitro groups is 1. The van der Waals surface area contributed by atoms with Crippen molar-refractivity contribution < 1.29 is 14.6 Å². The minimum absolute atomic E-state index is 0.116. The van der Waals surface area contributed by atoms with Crippen LogP contribution in [0.4, 0.5) is 11.4 Å². The molecule has 0 fully saturated rings. The molecule has 0 unspecified atom stereocenters. The smallest absolute Gasteiger partial charge is 0.288 e. The molecule has 4 aromatic rings. The maximum absolute atomic E-state index is 11.2. The van der Waals surface area contributed by atoms with E-state index >= 15 is 0 Å². The van der Waals surface area contributed by atoms with Crippen LogP contribution in [-0.2, 0) is 0 Å². The summed E-state index contributed by atoms with van der Waals surface area (Å²) in [6.07, 6.45) is 3.50. The quantitative estimate of drug-likeness (QED) is 0.112. The van der Waals surface area contributed by atoms with Crippen molar-refractivity contribution in [2.45, 2.75) is 0 Å². The average molecular weight is 428 g/mol. The van der Waals surface area contributed by atoms with Crippen molar-refractivity contribution in [2.24, 2.45) is 0 Å². The highest BCUT2D eigenvalue weighted by molar-refractivity contribution is 7.81. The van der Waals surface area contributed by atoms with Crippen molar-refractivity contribution in [3.63, 3.8) is 0 Å². The third-order valence-corrected chi connectivity index (χ3v) is 5.08. The first kappa shape index (κ1) is 20.2. The summed E-state index contributed by atoms with van der Waals surface area (Å²) in [4.78, 5) is 11.0. The van der Waals surface area contributed by atoms with E-state index in [0.29, 0.717) is 11.3 Å². The minimum Gasteiger partial charge on any atom is -0.502 e. The first-order valence-electron chi connectivity index (χ1n) is 9.48. The molecule has 0 bridgehead atoms. The predicted molar refractivity (Wildman–Crippen MR) is 126 cm³/mol. The van der Waals surface area contributed by atoms with Gasteiger partial charge >= 0.3 is 0 Å². The molecule has 0 aliphatic rings. The van der Waals surface area contributed by atoms with E-state index in [4.69, 9.17) is 12.2 Å². The van der Waals surface area contributed by atoms with Crippen LogP contribution in [0.1, 0.15) is 5.56 Å². The number of fused-ring (bicyclic) bond motifs is 1. The van der Waals surface area contributed by atoms with Crippen LogP contribution in [0.25, 0.3) is 22.2 Å². The van der Waals surface area contributed by atoms with E-state index in [0.717, 1.165) is 16.5 Å². The Morgan fingerprint density at radius 3 is 2.42 bits per heavy atom. The van der Waals surface area contributed by atoms with Crippen LogP contribution in [0.2, 0.25) is 0 Å².